The van der Waals surface area contributed by atoms with Gasteiger partial charge in [0.25, 0.3) is 0 Å². The number of carbonyl (C=O) groups is 2. The normalized spacial score (nSPS) is 18.5. The molecule has 0 aromatic heterocycles. The molecule has 1 fully saturated rings. The molecule has 1 saturated heterocycles. The van der Waals surface area contributed by atoms with Gasteiger partial charge in [-0.3, -0.25) is 14.5 Å². The number of para-hydroxylation sites is 1. The number of aryl methyl sites for hydroxylation is 1. The lowest BCUT2D eigenvalue weighted by molar-refractivity contribution is -0.128. The van der Waals surface area contributed by atoms with Gasteiger partial charge in [-0.2, -0.15) is 0 Å². The van der Waals surface area contributed by atoms with Crippen LogP contribution in [-0.4, -0.2) is 33.7 Å². The van der Waals surface area contributed by atoms with Crippen molar-refractivity contribution in [2.45, 2.75) is 24.5 Å². The van der Waals surface area contributed by atoms with Crippen molar-refractivity contribution in [3.63, 3.8) is 0 Å². The lowest BCUT2D eigenvalue weighted by Crippen LogP contribution is -2.34. The minimum Gasteiger partial charge on any atom is -0.370 e. The van der Waals surface area contributed by atoms with Gasteiger partial charge in [0.2, 0.25) is 11.8 Å². The average Bonchev–Trinajstić information content (AvgIpc) is 2.92. The topological polar surface area (TPSA) is 75.8 Å². The number of carbonyl (C=O) groups excluding carboxylic acids is 2. The van der Waals surface area contributed by atoms with Gasteiger partial charge < -0.3 is 5.73 Å². The van der Waals surface area contributed by atoms with Crippen LogP contribution in [0.4, 0.5) is 5.69 Å². The smallest absolute Gasteiger partial charge is 0.242 e. The van der Waals surface area contributed by atoms with E-state index in [1.807, 2.05) is 48.5 Å². The van der Waals surface area contributed by atoms with Gasteiger partial charge in [-0.05, 0) is 30.5 Å². The minimum absolute atomic E-state index is 0.0342. The number of aliphatic imine (C=N–C) groups is 1. The molecule has 6 heteroatoms. The maximum atomic E-state index is 12.7. The van der Waals surface area contributed by atoms with Crippen molar-refractivity contribution >= 4 is 34.4 Å². The Morgan fingerprint density at radius 1 is 1.08 bits per heavy atom. The molecule has 3 rings (SSSR count). The van der Waals surface area contributed by atoms with Crippen molar-refractivity contribution < 1.29 is 9.59 Å². The van der Waals surface area contributed by atoms with Gasteiger partial charge in [0, 0.05) is 13.0 Å². The standard InChI is InChI=1S/C20H21N3O2S/c21-18(24)14-17-19(25)23(13-7-10-15-8-3-1-4-9-15)20(26-17)22-16-11-5-2-6-12-16/h1-6,8-9,11-12,17H,7,10,13-14H2,(H2,21,24)/t17-/m1/s1. The Morgan fingerprint density at radius 2 is 1.73 bits per heavy atom. The molecule has 1 atom stereocenters. The summed E-state index contributed by atoms with van der Waals surface area (Å²) < 4.78 is 0. The molecule has 0 aliphatic carbocycles. The van der Waals surface area contributed by atoms with E-state index in [9.17, 15) is 9.59 Å². The summed E-state index contributed by atoms with van der Waals surface area (Å²) in [5.74, 6) is -0.558. The molecule has 0 unspecified atom stereocenters. The van der Waals surface area contributed by atoms with Crippen LogP contribution in [0.2, 0.25) is 0 Å². The van der Waals surface area contributed by atoms with E-state index in [1.165, 1.54) is 17.3 Å². The van der Waals surface area contributed by atoms with Gasteiger partial charge in [-0.1, -0.05) is 60.3 Å². The summed E-state index contributed by atoms with van der Waals surface area (Å²) in [4.78, 5) is 30.3. The van der Waals surface area contributed by atoms with Crippen LogP contribution in [0.1, 0.15) is 18.4 Å². The van der Waals surface area contributed by atoms with Crippen LogP contribution in [0.15, 0.2) is 65.7 Å². The molecule has 0 bridgehead atoms. The number of amides is 2. The number of nitrogens with two attached hydrogens (primary N) is 1. The molecule has 2 aromatic rings. The van der Waals surface area contributed by atoms with Crippen molar-refractivity contribution in [1.82, 2.24) is 4.90 Å². The number of hydrogen-bond donors (Lipinski definition) is 1. The highest BCUT2D eigenvalue weighted by Gasteiger charge is 2.38. The van der Waals surface area contributed by atoms with Gasteiger partial charge in [-0.15, -0.1) is 0 Å². The van der Waals surface area contributed by atoms with Crippen LogP contribution in [-0.2, 0) is 16.0 Å². The molecule has 134 valence electrons. The second kappa shape index (κ2) is 8.67. The van der Waals surface area contributed by atoms with E-state index in [1.54, 1.807) is 4.90 Å². The van der Waals surface area contributed by atoms with Gasteiger partial charge in [0.1, 0.15) is 5.25 Å². The van der Waals surface area contributed by atoms with E-state index < -0.39 is 11.2 Å². The molecule has 2 N–H and O–H groups in total. The first-order valence-corrected chi connectivity index (χ1v) is 9.45. The number of primary amides is 1. The molecule has 0 spiro atoms. The Hall–Kier alpha value is -2.60. The zero-order valence-electron chi connectivity index (χ0n) is 14.4. The number of nitrogens with zero attached hydrogens (tertiary/aromatic N) is 2. The van der Waals surface area contributed by atoms with Crippen LogP contribution in [0, 0.1) is 0 Å². The van der Waals surface area contributed by atoms with Gasteiger partial charge in [0.15, 0.2) is 5.17 Å². The van der Waals surface area contributed by atoms with Crippen molar-refractivity contribution in [2.24, 2.45) is 10.7 Å². The highest BCUT2D eigenvalue weighted by molar-refractivity contribution is 8.15. The van der Waals surface area contributed by atoms with Gasteiger partial charge in [0.05, 0.1) is 5.69 Å². The fraction of sp³-hybridized carbons (Fsp3) is 0.250. The Kier molecular flexibility index (Phi) is 6.07. The molecule has 26 heavy (non-hydrogen) atoms. The molecule has 1 heterocycles. The lowest BCUT2D eigenvalue weighted by Gasteiger charge is -2.16. The van der Waals surface area contributed by atoms with Crippen molar-refractivity contribution in [3.05, 3.63) is 66.2 Å². The predicted molar refractivity (Wildman–Crippen MR) is 105 cm³/mol. The zero-order valence-corrected chi connectivity index (χ0v) is 15.2. The first kappa shape index (κ1) is 18.2. The summed E-state index contributed by atoms with van der Waals surface area (Å²) in [6.07, 6.45) is 1.74. The first-order valence-electron chi connectivity index (χ1n) is 8.57. The fourth-order valence-electron chi connectivity index (χ4n) is 2.81. The largest absolute Gasteiger partial charge is 0.370 e. The van der Waals surface area contributed by atoms with E-state index in [0.29, 0.717) is 11.7 Å². The van der Waals surface area contributed by atoms with Crippen LogP contribution < -0.4 is 5.73 Å². The zero-order chi connectivity index (χ0) is 18.4. The minimum atomic E-state index is -0.480. The Balaban J connectivity index is 1.73. The van der Waals surface area contributed by atoms with Crippen LogP contribution in [0.3, 0.4) is 0 Å². The number of rotatable bonds is 7. The van der Waals surface area contributed by atoms with E-state index >= 15 is 0 Å². The monoisotopic (exact) mass is 367 g/mol. The third-order valence-electron chi connectivity index (χ3n) is 4.08. The summed E-state index contributed by atoms with van der Waals surface area (Å²) in [5, 5.41) is 0.159. The summed E-state index contributed by atoms with van der Waals surface area (Å²) in [6.45, 7) is 0.571. The quantitative estimate of drug-likeness (QED) is 0.817. The lowest BCUT2D eigenvalue weighted by atomic mass is 10.1. The second-order valence-corrected chi connectivity index (χ2v) is 7.26. The van der Waals surface area contributed by atoms with Crippen LogP contribution in [0.5, 0.6) is 0 Å². The van der Waals surface area contributed by atoms with Crippen LogP contribution in [0.25, 0.3) is 0 Å². The summed E-state index contributed by atoms with van der Waals surface area (Å²) in [5.41, 5.74) is 7.32. The third kappa shape index (κ3) is 4.73. The molecule has 0 radical (unpaired) electrons. The maximum absolute atomic E-state index is 12.7. The molecular weight excluding hydrogens is 346 g/mol. The second-order valence-electron chi connectivity index (χ2n) is 6.09. The Labute approximate surface area is 157 Å². The first-order chi connectivity index (χ1) is 12.6. The molecule has 2 aromatic carbocycles. The Bertz CT molecular complexity index is 793. The molecule has 2 amide bonds. The maximum Gasteiger partial charge on any atom is 0.242 e. The van der Waals surface area contributed by atoms with E-state index in [2.05, 4.69) is 17.1 Å². The average molecular weight is 367 g/mol. The van der Waals surface area contributed by atoms with E-state index in [-0.39, 0.29) is 12.3 Å². The fourth-order valence-corrected chi connectivity index (χ4v) is 4.01. The van der Waals surface area contributed by atoms with E-state index in [4.69, 9.17) is 5.73 Å². The number of hydrogen-bond acceptors (Lipinski definition) is 4. The molecule has 1 aliphatic rings. The molecule has 5 nitrogen and oxygen atoms in total. The number of benzene rings is 2. The summed E-state index contributed by atoms with van der Waals surface area (Å²) >= 11 is 1.32. The number of amidine groups is 1. The third-order valence-corrected chi connectivity index (χ3v) is 5.25. The highest BCUT2D eigenvalue weighted by atomic mass is 32.2. The molecular formula is C20H21N3O2S. The van der Waals surface area contributed by atoms with Crippen LogP contribution >= 0.6 is 11.8 Å². The number of thioether (sulfide) groups is 1. The van der Waals surface area contributed by atoms with Crippen molar-refractivity contribution in [3.8, 4) is 0 Å². The van der Waals surface area contributed by atoms with Crippen molar-refractivity contribution in [2.75, 3.05) is 6.54 Å². The molecule has 1 aliphatic heterocycles. The summed E-state index contributed by atoms with van der Waals surface area (Å²) in [7, 11) is 0. The van der Waals surface area contributed by atoms with Gasteiger partial charge in [-0.25, -0.2) is 4.99 Å². The Morgan fingerprint density at radius 3 is 2.38 bits per heavy atom. The van der Waals surface area contributed by atoms with Crippen molar-refractivity contribution in [1.29, 1.82) is 0 Å². The van der Waals surface area contributed by atoms with Gasteiger partial charge >= 0.3 is 0 Å². The highest BCUT2D eigenvalue weighted by Crippen LogP contribution is 2.31. The predicted octanol–water partition coefficient (Wildman–Crippen LogP) is 3.13. The van der Waals surface area contributed by atoms with E-state index in [0.717, 1.165) is 18.5 Å². The SMILES string of the molecule is NC(=O)C[C@H]1SC(=Nc2ccccc2)N(CCCc2ccccc2)C1=O. The molecule has 0 saturated carbocycles. The summed E-state index contributed by atoms with van der Waals surface area (Å²) in [6, 6.07) is 19.7.